The summed E-state index contributed by atoms with van der Waals surface area (Å²) < 4.78 is 40.9. The van der Waals surface area contributed by atoms with E-state index in [9.17, 15) is 23.1 Å². The molecule has 0 aliphatic carbocycles. The largest absolute Gasteiger partial charge is 0.465 e. The fraction of sp³-hybridized carbons (Fsp3) is 0.538. The van der Waals surface area contributed by atoms with Crippen molar-refractivity contribution in [3.05, 3.63) is 23.9 Å². The molecule has 1 aromatic rings. The van der Waals surface area contributed by atoms with E-state index in [1.165, 1.54) is 19.1 Å². The van der Waals surface area contributed by atoms with Gasteiger partial charge in [0.15, 0.2) is 6.04 Å². The number of anilines is 1. The molecule has 1 aromatic heterocycles. The van der Waals surface area contributed by atoms with Crippen molar-refractivity contribution in [2.45, 2.75) is 31.1 Å². The normalized spacial score (nSPS) is 22.7. The van der Waals surface area contributed by atoms with E-state index < -0.39 is 23.9 Å². The highest BCUT2D eigenvalue weighted by Crippen LogP contribution is 2.42. The molecule has 2 rings (SSSR count). The van der Waals surface area contributed by atoms with Gasteiger partial charge in [-0.25, -0.2) is 15.6 Å². The van der Waals surface area contributed by atoms with E-state index in [1.807, 2.05) is 0 Å². The van der Waals surface area contributed by atoms with Gasteiger partial charge in [-0.3, -0.25) is 4.90 Å². The van der Waals surface area contributed by atoms with Crippen LogP contribution in [0.5, 0.6) is 0 Å². The third-order valence-electron chi connectivity index (χ3n) is 3.95. The van der Waals surface area contributed by atoms with Crippen molar-refractivity contribution in [2.24, 2.45) is 5.84 Å². The highest BCUT2D eigenvalue weighted by Gasteiger charge is 2.53. The Balaban J connectivity index is 2.48. The van der Waals surface area contributed by atoms with Gasteiger partial charge in [0, 0.05) is 18.3 Å². The van der Waals surface area contributed by atoms with Crippen molar-refractivity contribution in [3.63, 3.8) is 0 Å². The zero-order valence-corrected chi connectivity index (χ0v) is 12.4. The molecular weight excluding hydrogens is 315 g/mol. The molecule has 1 fully saturated rings. The molecule has 0 saturated carbocycles. The summed E-state index contributed by atoms with van der Waals surface area (Å²) in [6.45, 7) is 2.12. The van der Waals surface area contributed by atoms with Crippen molar-refractivity contribution >= 4 is 11.9 Å². The SMILES string of the molecule is C[C@@]1(N(C(=O)O)[C@H](c2ccc(NN)nc2)C(F)(F)F)CCNC1. The molecule has 1 aliphatic rings. The molecule has 128 valence electrons. The number of alkyl halides is 3. The summed E-state index contributed by atoms with van der Waals surface area (Å²) in [6, 6.07) is 0.134. The first kappa shape index (κ1) is 17.3. The van der Waals surface area contributed by atoms with Gasteiger partial charge >= 0.3 is 12.3 Å². The minimum atomic E-state index is -4.77. The van der Waals surface area contributed by atoms with Crippen LogP contribution in [0.3, 0.4) is 0 Å². The van der Waals surface area contributed by atoms with Crippen LogP contribution in [0.25, 0.3) is 0 Å². The first-order chi connectivity index (χ1) is 10.7. The number of halogens is 3. The van der Waals surface area contributed by atoms with Gasteiger partial charge in [-0.15, -0.1) is 0 Å². The summed E-state index contributed by atoms with van der Waals surface area (Å²) >= 11 is 0. The molecule has 1 amide bonds. The van der Waals surface area contributed by atoms with Crippen LogP contribution in [0.4, 0.5) is 23.8 Å². The summed E-state index contributed by atoms with van der Waals surface area (Å²) in [7, 11) is 0. The Morgan fingerprint density at radius 1 is 1.57 bits per heavy atom. The Hall–Kier alpha value is -2.07. The molecule has 1 aliphatic heterocycles. The molecule has 2 atom stereocenters. The van der Waals surface area contributed by atoms with Crippen LogP contribution in [0.1, 0.15) is 24.9 Å². The number of rotatable bonds is 4. The van der Waals surface area contributed by atoms with Crippen molar-refractivity contribution in [1.29, 1.82) is 0 Å². The lowest BCUT2D eigenvalue weighted by Gasteiger charge is -2.42. The van der Waals surface area contributed by atoms with E-state index >= 15 is 0 Å². The lowest BCUT2D eigenvalue weighted by atomic mass is 9.94. The lowest BCUT2D eigenvalue weighted by Crippen LogP contribution is -2.55. The van der Waals surface area contributed by atoms with Crippen LogP contribution in [-0.4, -0.2) is 45.9 Å². The second kappa shape index (κ2) is 6.20. The number of carbonyl (C=O) groups is 1. The number of amides is 1. The number of nitrogens with one attached hydrogen (secondary N) is 2. The van der Waals surface area contributed by atoms with Crippen LogP contribution < -0.4 is 16.6 Å². The maximum Gasteiger partial charge on any atom is 0.413 e. The smallest absolute Gasteiger partial charge is 0.413 e. The molecule has 1 saturated heterocycles. The third kappa shape index (κ3) is 3.48. The molecule has 0 unspecified atom stereocenters. The Bertz CT molecular complexity index is 558. The molecule has 0 aromatic carbocycles. The first-order valence-corrected chi connectivity index (χ1v) is 6.91. The average molecular weight is 333 g/mol. The Kier molecular flexibility index (Phi) is 4.66. The standard InChI is InChI=1S/C13H18F3N5O2/c1-12(4-5-18-7-12)21(11(22)23)10(13(14,15)16)8-2-3-9(20-17)19-6-8/h2-3,6,10,18H,4-5,7,17H2,1H3,(H,19,20)(H,22,23)/t10-,12-/m1/s1. The number of carboxylic acid groups (broad SMARTS) is 1. The van der Waals surface area contributed by atoms with Crippen LogP contribution in [0, 0.1) is 0 Å². The Morgan fingerprint density at radius 2 is 2.26 bits per heavy atom. The molecular formula is C13H18F3N5O2. The molecule has 5 N–H and O–H groups in total. The summed E-state index contributed by atoms with van der Waals surface area (Å²) in [5.41, 5.74) is 0.801. The maximum atomic E-state index is 13.6. The van der Waals surface area contributed by atoms with E-state index in [0.717, 1.165) is 6.20 Å². The zero-order chi connectivity index (χ0) is 17.3. The van der Waals surface area contributed by atoms with Gasteiger partial charge in [-0.1, -0.05) is 6.07 Å². The number of aromatic nitrogens is 1. The average Bonchev–Trinajstić information content (AvgIpc) is 2.90. The molecule has 0 radical (unpaired) electrons. The summed E-state index contributed by atoms with van der Waals surface area (Å²) in [6.07, 6.45) is -5.13. The van der Waals surface area contributed by atoms with Crippen molar-refractivity contribution in [1.82, 2.24) is 15.2 Å². The summed E-state index contributed by atoms with van der Waals surface area (Å²) in [4.78, 5) is 15.8. The fourth-order valence-electron chi connectivity index (χ4n) is 2.80. The Morgan fingerprint density at radius 3 is 2.65 bits per heavy atom. The van der Waals surface area contributed by atoms with E-state index in [1.54, 1.807) is 0 Å². The number of nitrogens with two attached hydrogens (primary N) is 1. The zero-order valence-electron chi connectivity index (χ0n) is 12.4. The molecule has 23 heavy (non-hydrogen) atoms. The molecule has 10 heteroatoms. The second-order valence-electron chi connectivity index (χ2n) is 5.64. The number of nitrogens with zero attached hydrogens (tertiary/aromatic N) is 2. The predicted octanol–water partition coefficient (Wildman–Crippen LogP) is 1.70. The van der Waals surface area contributed by atoms with Gasteiger partial charge in [0.2, 0.25) is 0 Å². The summed E-state index contributed by atoms with van der Waals surface area (Å²) in [5, 5.41) is 12.3. The van der Waals surface area contributed by atoms with Crippen LogP contribution >= 0.6 is 0 Å². The second-order valence-corrected chi connectivity index (χ2v) is 5.64. The molecule has 0 bridgehead atoms. The lowest BCUT2D eigenvalue weighted by molar-refractivity contribution is -0.192. The number of nitrogen functional groups attached to an aromatic ring is 1. The number of pyridine rings is 1. The van der Waals surface area contributed by atoms with Gasteiger partial charge in [-0.2, -0.15) is 13.2 Å². The van der Waals surface area contributed by atoms with E-state index in [4.69, 9.17) is 5.84 Å². The van der Waals surface area contributed by atoms with Crippen LogP contribution in [-0.2, 0) is 0 Å². The molecule has 0 spiro atoms. The first-order valence-electron chi connectivity index (χ1n) is 6.91. The third-order valence-corrected chi connectivity index (χ3v) is 3.95. The van der Waals surface area contributed by atoms with Crippen molar-refractivity contribution in [3.8, 4) is 0 Å². The number of hydrogen-bond acceptors (Lipinski definition) is 5. The van der Waals surface area contributed by atoms with E-state index in [-0.39, 0.29) is 17.9 Å². The van der Waals surface area contributed by atoms with E-state index in [2.05, 4.69) is 15.7 Å². The number of hydrazine groups is 1. The quantitative estimate of drug-likeness (QED) is 0.494. The molecule has 2 heterocycles. The minimum Gasteiger partial charge on any atom is -0.465 e. The van der Waals surface area contributed by atoms with Crippen molar-refractivity contribution < 1.29 is 23.1 Å². The van der Waals surface area contributed by atoms with E-state index in [0.29, 0.717) is 17.9 Å². The van der Waals surface area contributed by atoms with Crippen LogP contribution in [0.15, 0.2) is 18.3 Å². The van der Waals surface area contributed by atoms with Gasteiger partial charge < -0.3 is 15.8 Å². The van der Waals surface area contributed by atoms with Gasteiger partial charge in [0.25, 0.3) is 0 Å². The fourth-order valence-corrected chi connectivity index (χ4v) is 2.80. The Labute approximate surface area is 130 Å². The van der Waals surface area contributed by atoms with Crippen LogP contribution in [0.2, 0.25) is 0 Å². The van der Waals surface area contributed by atoms with Gasteiger partial charge in [0.05, 0.1) is 5.54 Å². The van der Waals surface area contributed by atoms with Gasteiger partial charge in [-0.05, 0) is 26.0 Å². The topological polar surface area (TPSA) is 104 Å². The highest BCUT2D eigenvalue weighted by molar-refractivity contribution is 5.67. The maximum absolute atomic E-state index is 13.6. The monoisotopic (exact) mass is 333 g/mol. The summed E-state index contributed by atoms with van der Waals surface area (Å²) in [5.74, 6) is 5.33. The van der Waals surface area contributed by atoms with Gasteiger partial charge in [0.1, 0.15) is 5.82 Å². The van der Waals surface area contributed by atoms with Crippen molar-refractivity contribution in [2.75, 3.05) is 18.5 Å². The molecule has 7 nitrogen and oxygen atoms in total. The number of hydrogen-bond donors (Lipinski definition) is 4. The highest BCUT2D eigenvalue weighted by atomic mass is 19.4. The predicted molar refractivity (Wildman–Crippen MR) is 76.6 cm³/mol. The minimum absolute atomic E-state index is 0.155.